The number of aliphatic imine (C=N–C) groups is 1. The van der Waals surface area contributed by atoms with Crippen molar-refractivity contribution >= 4 is 23.5 Å². The number of aromatic amines is 1. The molecule has 6 nitrogen and oxygen atoms in total. The van der Waals surface area contributed by atoms with Gasteiger partial charge in [0.2, 0.25) is 0 Å². The number of methoxy groups -OCH3 is 1. The second-order valence-electron chi connectivity index (χ2n) is 4.93. The first-order valence-corrected chi connectivity index (χ1v) is 7.29. The van der Waals surface area contributed by atoms with Gasteiger partial charge in [-0.15, -0.1) is 0 Å². The van der Waals surface area contributed by atoms with Crippen molar-refractivity contribution in [1.82, 2.24) is 10.2 Å². The Balaban J connectivity index is 1.84. The maximum atomic E-state index is 9.40. The maximum absolute atomic E-state index is 9.40. The molecule has 2 N–H and O–H groups in total. The lowest BCUT2D eigenvalue weighted by atomic mass is 10.2. The van der Waals surface area contributed by atoms with Crippen molar-refractivity contribution in [3.63, 3.8) is 0 Å². The average molecular weight is 317 g/mol. The van der Waals surface area contributed by atoms with E-state index in [1.54, 1.807) is 13.3 Å². The quantitative estimate of drug-likeness (QED) is 0.701. The van der Waals surface area contributed by atoms with Gasteiger partial charge in [0.1, 0.15) is 23.2 Å². The molecular weight excluding hydrogens is 302 g/mol. The Morgan fingerprint density at radius 2 is 2.04 bits per heavy atom. The van der Waals surface area contributed by atoms with Gasteiger partial charge in [-0.3, -0.25) is 5.10 Å². The third kappa shape index (κ3) is 3.42. The zero-order valence-electron chi connectivity index (χ0n) is 13.0. The zero-order chi connectivity index (χ0) is 16.8. The number of nitrogens with zero attached hydrogens (tertiary/aromatic N) is 3. The van der Waals surface area contributed by atoms with Crippen LogP contribution < -0.4 is 10.1 Å². The van der Waals surface area contributed by atoms with Crippen LogP contribution in [0.4, 0.5) is 17.3 Å². The highest BCUT2D eigenvalue weighted by Gasteiger charge is 2.12. The molecule has 2 aromatic carbocycles. The molecule has 0 aliphatic heterocycles. The van der Waals surface area contributed by atoms with Gasteiger partial charge in [0, 0.05) is 11.9 Å². The Kier molecular flexibility index (Phi) is 4.54. The van der Waals surface area contributed by atoms with Gasteiger partial charge in [-0.05, 0) is 29.8 Å². The van der Waals surface area contributed by atoms with Crippen LogP contribution in [0.1, 0.15) is 11.1 Å². The molecule has 0 atom stereocenters. The van der Waals surface area contributed by atoms with Gasteiger partial charge < -0.3 is 10.1 Å². The number of rotatable bonds is 5. The third-order valence-electron chi connectivity index (χ3n) is 3.33. The zero-order valence-corrected chi connectivity index (χ0v) is 13.0. The summed E-state index contributed by atoms with van der Waals surface area (Å²) in [6.07, 6.45) is 1.64. The summed E-state index contributed by atoms with van der Waals surface area (Å²) in [5.74, 6) is 1.59. The van der Waals surface area contributed by atoms with E-state index in [1.807, 2.05) is 54.6 Å². The van der Waals surface area contributed by atoms with Gasteiger partial charge in [0.25, 0.3) is 0 Å². The molecule has 0 radical (unpaired) electrons. The van der Waals surface area contributed by atoms with Gasteiger partial charge in [-0.2, -0.15) is 10.4 Å². The van der Waals surface area contributed by atoms with Gasteiger partial charge in [-0.1, -0.05) is 30.3 Å². The molecule has 0 unspecified atom stereocenters. The van der Waals surface area contributed by atoms with E-state index in [-0.39, 0.29) is 0 Å². The van der Waals surface area contributed by atoms with Gasteiger partial charge in [-0.25, -0.2) is 4.99 Å². The first kappa shape index (κ1) is 15.3. The average Bonchev–Trinajstić information content (AvgIpc) is 3.02. The van der Waals surface area contributed by atoms with Gasteiger partial charge in [0.15, 0.2) is 5.82 Å². The molecule has 1 heterocycles. The Morgan fingerprint density at radius 3 is 2.79 bits per heavy atom. The smallest absolute Gasteiger partial charge is 0.193 e. The lowest BCUT2D eigenvalue weighted by Crippen LogP contribution is -1.92. The number of aromatic nitrogens is 2. The van der Waals surface area contributed by atoms with E-state index in [9.17, 15) is 5.26 Å². The maximum Gasteiger partial charge on any atom is 0.193 e. The van der Waals surface area contributed by atoms with Crippen molar-refractivity contribution in [3.8, 4) is 11.8 Å². The molecular formula is C18H15N5O. The first-order valence-electron chi connectivity index (χ1n) is 7.29. The Labute approximate surface area is 139 Å². The standard InChI is InChI=1S/C18H15N5O/c1-24-15-9-5-6-13(10-15)12-20-17-16(11-19)18(23-22-17)21-14-7-3-2-4-8-14/h2-10,12H,1H3,(H2,21,22,23). The largest absolute Gasteiger partial charge is 0.497 e. The number of hydrogen-bond acceptors (Lipinski definition) is 5. The minimum Gasteiger partial charge on any atom is -0.497 e. The Bertz CT molecular complexity index is 893. The molecule has 0 saturated carbocycles. The number of H-pyrrole nitrogens is 1. The normalized spacial score (nSPS) is 10.5. The lowest BCUT2D eigenvalue weighted by Gasteiger charge is -2.02. The molecule has 0 fully saturated rings. The van der Waals surface area contributed by atoms with Crippen LogP contribution in [0, 0.1) is 11.3 Å². The van der Waals surface area contributed by atoms with E-state index in [0.29, 0.717) is 17.2 Å². The van der Waals surface area contributed by atoms with E-state index in [4.69, 9.17) is 4.74 Å². The topological polar surface area (TPSA) is 86.1 Å². The van der Waals surface area contributed by atoms with Crippen LogP contribution in [0.5, 0.6) is 5.75 Å². The second-order valence-corrected chi connectivity index (χ2v) is 4.93. The minimum absolute atomic E-state index is 0.332. The van der Waals surface area contributed by atoms with Crippen LogP contribution in [0.15, 0.2) is 59.6 Å². The number of para-hydroxylation sites is 1. The molecule has 0 spiro atoms. The summed E-state index contributed by atoms with van der Waals surface area (Å²) in [5, 5.41) is 19.4. The minimum atomic E-state index is 0.332. The van der Waals surface area contributed by atoms with Crippen LogP contribution in [-0.4, -0.2) is 23.5 Å². The van der Waals surface area contributed by atoms with E-state index in [2.05, 4.69) is 26.6 Å². The molecule has 1 aromatic heterocycles. The molecule has 118 valence electrons. The van der Waals surface area contributed by atoms with E-state index >= 15 is 0 Å². The fraction of sp³-hybridized carbons (Fsp3) is 0.0556. The molecule has 3 rings (SSSR count). The highest BCUT2D eigenvalue weighted by Crippen LogP contribution is 2.25. The molecule has 3 aromatic rings. The van der Waals surface area contributed by atoms with Gasteiger partial charge >= 0.3 is 0 Å². The van der Waals surface area contributed by atoms with Crippen LogP contribution in [0.2, 0.25) is 0 Å². The predicted molar refractivity (Wildman–Crippen MR) is 93.3 cm³/mol. The SMILES string of the molecule is COc1cccc(C=Nc2n[nH]c(Nc3ccccc3)c2C#N)c1. The number of hydrogen-bond donors (Lipinski definition) is 2. The van der Waals surface area contributed by atoms with E-state index in [0.717, 1.165) is 17.0 Å². The van der Waals surface area contributed by atoms with Crippen LogP contribution in [0.25, 0.3) is 0 Å². The summed E-state index contributed by atoms with van der Waals surface area (Å²) in [6, 6.07) is 19.2. The van der Waals surface area contributed by atoms with Crippen LogP contribution in [-0.2, 0) is 0 Å². The summed E-state index contributed by atoms with van der Waals surface area (Å²) < 4.78 is 5.18. The van der Waals surface area contributed by atoms with Crippen molar-refractivity contribution in [3.05, 3.63) is 65.7 Å². The highest BCUT2D eigenvalue weighted by molar-refractivity contribution is 5.83. The highest BCUT2D eigenvalue weighted by atomic mass is 16.5. The number of nitriles is 1. The van der Waals surface area contributed by atoms with Crippen molar-refractivity contribution < 1.29 is 4.74 Å². The summed E-state index contributed by atoms with van der Waals surface area (Å²) in [7, 11) is 1.61. The summed E-state index contributed by atoms with van der Waals surface area (Å²) in [4.78, 5) is 4.30. The van der Waals surface area contributed by atoms with Crippen molar-refractivity contribution in [1.29, 1.82) is 5.26 Å². The molecule has 0 amide bonds. The monoisotopic (exact) mass is 317 g/mol. The molecule has 0 saturated heterocycles. The van der Waals surface area contributed by atoms with Crippen molar-refractivity contribution in [2.24, 2.45) is 4.99 Å². The second kappa shape index (κ2) is 7.11. The Hall–Kier alpha value is -3.59. The first-order chi connectivity index (χ1) is 11.8. The fourth-order valence-corrected chi connectivity index (χ4v) is 2.15. The lowest BCUT2D eigenvalue weighted by molar-refractivity contribution is 0.415. The molecule has 0 bridgehead atoms. The summed E-state index contributed by atoms with van der Waals surface area (Å²) in [6.45, 7) is 0. The number of ether oxygens (including phenoxy) is 1. The molecule has 0 aliphatic rings. The number of nitrogens with one attached hydrogen (secondary N) is 2. The van der Waals surface area contributed by atoms with Crippen molar-refractivity contribution in [2.45, 2.75) is 0 Å². The summed E-state index contributed by atoms with van der Waals surface area (Å²) in [5.41, 5.74) is 2.08. The van der Waals surface area contributed by atoms with E-state index in [1.165, 1.54) is 0 Å². The third-order valence-corrected chi connectivity index (χ3v) is 3.33. The van der Waals surface area contributed by atoms with E-state index < -0.39 is 0 Å². The fourth-order valence-electron chi connectivity index (χ4n) is 2.15. The van der Waals surface area contributed by atoms with Crippen LogP contribution in [0.3, 0.4) is 0 Å². The molecule has 6 heteroatoms. The van der Waals surface area contributed by atoms with Crippen molar-refractivity contribution in [2.75, 3.05) is 12.4 Å². The number of benzene rings is 2. The molecule has 0 aliphatic carbocycles. The summed E-state index contributed by atoms with van der Waals surface area (Å²) >= 11 is 0. The molecule has 24 heavy (non-hydrogen) atoms. The van der Waals surface area contributed by atoms with Crippen LogP contribution >= 0.6 is 0 Å². The Morgan fingerprint density at radius 1 is 1.21 bits per heavy atom. The predicted octanol–water partition coefficient (Wildman–Crippen LogP) is 3.78. The number of anilines is 2. The van der Waals surface area contributed by atoms with Gasteiger partial charge in [0.05, 0.1) is 7.11 Å².